The Morgan fingerprint density at radius 1 is 1.05 bits per heavy atom. The number of hydrogen-bond donors (Lipinski definition) is 0. The molecule has 0 radical (unpaired) electrons. The minimum atomic E-state index is -3.14. The summed E-state index contributed by atoms with van der Waals surface area (Å²) in [5, 5.41) is 1.93. The Morgan fingerprint density at radius 3 is 2.67 bits per heavy atom. The van der Waals surface area contributed by atoms with Crippen LogP contribution in [0, 0.1) is 0 Å². The van der Waals surface area contributed by atoms with Gasteiger partial charge in [0.1, 0.15) is 6.10 Å². The molecule has 2 unspecified atom stereocenters. The van der Waals surface area contributed by atoms with Crippen molar-refractivity contribution in [2.45, 2.75) is 12.1 Å². The molecule has 2 aromatic carbocycles. The van der Waals surface area contributed by atoms with Gasteiger partial charge in [0.25, 0.3) is 0 Å². The van der Waals surface area contributed by atoms with Crippen LogP contribution >= 0.6 is 0 Å². The maximum Gasteiger partial charge on any atom is 0.415 e. The standard InChI is InChI=1S/C15H13NO4S/c17-15-16(13-8-21(18,19)9-14(13)20-15)12-7-3-5-10-4-1-2-6-11(10)12/h1-7,13-14H,8-9H2. The van der Waals surface area contributed by atoms with Crippen molar-refractivity contribution in [3.8, 4) is 0 Å². The van der Waals surface area contributed by atoms with Gasteiger partial charge in [0.15, 0.2) is 9.84 Å². The minimum absolute atomic E-state index is 0.0351. The smallest absolute Gasteiger partial charge is 0.415 e. The van der Waals surface area contributed by atoms with E-state index in [2.05, 4.69) is 0 Å². The Balaban J connectivity index is 1.86. The van der Waals surface area contributed by atoms with E-state index in [-0.39, 0.29) is 11.5 Å². The van der Waals surface area contributed by atoms with Crippen LogP contribution in [0.5, 0.6) is 0 Å². The third-order valence-corrected chi connectivity index (χ3v) is 5.76. The molecule has 0 aromatic heterocycles. The molecule has 2 heterocycles. The van der Waals surface area contributed by atoms with Gasteiger partial charge in [-0.1, -0.05) is 36.4 Å². The SMILES string of the molecule is O=C1OC2CS(=O)(=O)CC2N1c1cccc2ccccc12. The predicted octanol–water partition coefficient (Wildman–Crippen LogP) is 1.96. The molecule has 2 saturated heterocycles. The number of carbonyl (C=O) groups is 1. The first kappa shape index (κ1) is 12.6. The second-order valence-electron chi connectivity index (χ2n) is 5.43. The number of nitrogens with zero attached hydrogens (tertiary/aromatic N) is 1. The summed E-state index contributed by atoms with van der Waals surface area (Å²) in [6.07, 6.45) is -1.02. The lowest BCUT2D eigenvalue weighted by Crippen LogP contribution is -2.36. The summed E-state index contributed by atoms with van der Waals surface area (Å²) in [6, 6.07) is 12.9. The van der Waals surface area contributed by atoms with Gasteiger partial charge in [0.05, 0.1) is 23.2 Å². The monoisotopic (exact) mass is 303 g/mol. The molecule has 2 aliphatic heterocycles. The Kier molecular flexibility index (Phi) is 2.53. The molecule has 2 aromatic rings. The van der Waals surface area contributed by atoms with Crippen LogP contribution in [-0.2, 0) is 14.6 Å². The van der Waals surface area contributed by atoms with E-state index >= 15 is 0 Å². The first-order valence-corrected chi connectivity index (χ1v) is 8.55. The maximum atomic E-state index is 12.2. The highest BCUT2D eigenvalue weighted by atomic mass is 32.2. The van der Waals surface area contributed by atoms with Crippen molar-refractivity contribution in [3.63, 3.8) is 0 Å². The van der Waals surface area contributed by atoms with Crippen molar-refractivity contribution in [1.82, 2.24) is 0 Å². The van der Waals surface area contributed by atoms with Crippen LogP contribution in [0.1, 0.15) is 0 Å². The Labute approximate surface area is 122 Å². The van der Waals surface area contributed by atoms with Crippen molar-refractivity contribution in [2.24, 2.45) is 0 Å². The van der Waals surface area contributed by atoms with Crippen LogP contribution in [0.2, 0.25) is 0 Å². The van der Waals surface area contributed by atoms with E-state index < -0.39 is 28.1 Å². The van der Waals surface area contributed by atoms with E-state index in [4.69, 9.17) is 4.74 Å². The topological polar surface area (TPSA) is 63.7 Å². The summed E-state index contributed by atoms with van der Waals surface area (Å²) in [5.74, 6) is -0.114. The molecule has 6 heteroatoms. The molecular formula is C15H13NO4S. The molecular weight excluding hydrogens is 290 g/mol. The molecule has 1 amide bonds. The third kappa shape index (κ3) is 1.90. The zero-order chi connectivity index (χ0) is 14.6. The summed E-state index contributed by atoms with van der Waals surface area (Å²) < 4.78 is 28.8. The van der Waals surface area contributed by atoms with E-state index in [0.29, 0.717) is 5.69 Å². The minimum Gasteiger partial charge on any atom is -0.442 e. The molecule has 2 atom stereocenters. The maximum absolute atomic E-state index is 12.2. The quantitative estimate of drug-likeness (QED) is 0.808. The van der Waals surface area contributed by atoms with E-state index in [0.717, 1.165) is 10.8 Å². The molecule has 4 rings (SSSR count). The molecule has 0 saturated carbocycles. The van der Waals surface area contributed by atoms with Crippen LogP contribution < -0.4 is 4.90 Å². The van der Waals surface area contributed by atoms with Gasteiger partial charge >= 0.3 is 6.09 Å². The fourth-order valence-corrected chi connectivity index (χ4v) is 4.98. The number of carbonyl (C=O) groups excluding carboxylic acids is 1. The number of amides is 1. The Hall–Kier alpha value is -2.08. The number of sulfone groups is 1. The normalized spacial score (nSPS) is 26.9. The van der Waals surface area contributed by atoms with Crippen molar-refractivity contribution in [2.75, 3.05) is 16.4 Å². The van der Waals surface area contributed by atoms with Gasteiger partial charge in [-0.3, -0.25) is 4.90 Å². The van der Waals surface area contributed by atoms with Gasteiger partial charge in [-0.2, -0.15) is 0 Å². The highest BCUT2D eigenvalue weighted by Gasteiger charge is 2.51. The van der Waals surface area contributed by atoms with Gasteiger partial charge in [-0.25, -0.2) is 13.2 Å². The van der Waals surface area contributed by atoms with Gasteiger partial charge in [0.2, 0.25) is 0 Å². The highest BCUT2D eigenvalue weighted by Crippen LogP contribution is 2.36. The summed E-state index contributed by atoms with van der Waals surface area (Å²) >= 11 is 0. The predicted molar refractivity (Wildman–Crippen MR) is 79.1 cm³/mol. The van der Waals surface area contributed by atoms with E-state index in [1.165, 1.54) is 4.90 Å². The van der Waals surface area contributed by atoms with E-state index in [1.807, 2.05) is 42.5 Å². The second-order valence-corrected chi connectivity index (χ2v) is 7.59. The van der Waals surface area contributed by atoms with Gasteiger partial charge in [-0.15, -0.1) is 0 Å². The average molecular weight is 303 g/mol. The van der Waals surface area contributed by atoms with Gasteiger partial charge < -0.3 is 4.74 Å². The fraction of sp³-hybridized carbons (Fsp3) is 0.267. The summed E-state index contributed by atoms with van der Waals surface area (Å²) in [4.78, 5) is 13.6. The first-order valence-electron chi connectivity index (χ1n) is 6.73. The highest BCUT2D eigenvalue weighted by molar-refractivity contribution is 7.91. The number of ether oxygens (including phenoxy) is 1. The lowest BCUT2D eigenvalue weighted by molar-refractivity contribution is 0.147. The third-order valence-electron chi connectivity index (χ3n) is 4.08. The van der Waals surface area contributed by atoms with Crippen LogP contribution in [0.4, 0.5) is 10.5 Å². The number of hydrogen-bond acceptors (Lipinski definition) is 4. The molecule has 2 aliphatic rings. The Bertz CT molecular complexity index is 840. The fourth-order valence-electron chi connectivity index (χ4n) is 3.17. The number of rotatable bonds is 1. The molecule has 0 spiro atoms. The number of anilines is 1. The van der Waals surface area contributed by atoms with Crippen molar-refractivity contribution in [1.29, 1.82) is 0 Å². The van der Waals surface area contributed by atoms with Crippen molar-refractivity contribution >= 4 is 32.4 Å². The zero-order valence-corrected chi connectivity index (χ0v) is 11.9. The van der Waals surface area contributed by atoms with Crippen LogP contribution in [0.15, 0.2) is 42.5 Å². The summed E-state index contributed by atoms with van der Waals surface area (Å²) in [5.41, 5.74) is 0.711. The molecule has 2 fully saturated rings. The molecule has 0 N–H and O–H groups in total. The van der Waals surface area contributed by atoms with Crippen molar-refractivity contribution < 1.29 is 17.9 Å². The molecule has 108 valence electrons. The summed E-state index contributed by atoms with van der Waals surface area (Å²) in [6.45, 7) is 0. The lowest BCUT2D eigenvalue weighted by Gasteiger charge is -2.21. The second kappa shape index (κ2) is 4.21. The zero-order valence-electron chi connectivity index (χ0n) is 11.1. The van der Waals surface area contributed by atoms with Crippen LogP contribution in [0.3, 0.4) is 0 Å². The molecule has 21 heavy (non-hydrogen) atoms. The Morgan fingerprint density at radius 2 is 1.81 bits per heavy atom. The first-order chi connectivity index (χ1) is 10.1. The van der Waals surface area contributed by atoms with Crippen LogP contribution in [-0.4, -0.2) is 38.2 Å². The van der Waals surface area contributed by atoms with E-state index in [1.54, 1.807) is 0 Å². The number of benzene rings is 2. The molecule has 0 bridgehead atoms. The number of fused-ring (bicyclic) bond motifs is 2. The van der Waals surface area contributed by atoms with Gasteiger partial charge in [0, 0.05) is 5.39 Å². The van der Waals surface area contributed by atoms with Crippen molar-refractivity contribution in [3.05, 3.63) is 42.5 Å². The lowest BCUT2D eigenvalue weighted by atomic mass is 10.1. The largest absolute Gasteiger partial charge is 0.442 e. The molecule has 5 nitrogen and oxygen atoms in total. The molecule has 0 aliphatic carbocycles. The average Bonchev–Trinajstić information content (AvgIpc) is 2.88. The van der Waals surface area contributed by atoms with Gasteiger partial charge in [-0.05, 0) is 11.5 Å². The summed E-state index contributed by atoms with van der Waals surface area (Å²) in [7, 11) is -3.14. The van der Waals surface area contributed by atoms with E-state index in [9.17, 15) is 13.2 Å². The van der Waals surface area contributed by atoms with Crippen LogP contribution in [0.25, 0.3) is 10.8 Å².